The third kappa shape index (κ3) is 5.87. The molecule has 2 aliphatic rings. The van der Waals surface area contributed by atoms with Crippen molar-refractivity contribution in [2.24, 2.45) is 0 Å². The van der Waals surface area contributed by atoms with E-state index in [0.29, 0.717) is 6.10 Å². The van der Waals surface area contributed by atoms with E-state index in [2.05, 4.69) is 41.0 Å². The van der Waals surface area contributed by atoms with E-state index >= 15 is 0 Å². The van der Waals surface area contributed by atoms with E-state index in [-0.39, 0.29) is 0 Å². The van der Waals surface area contributed by atoms with Crippen LogP contribution in [0.3, 0.4) is 0 Å². The van der Waals surface area contributed by atoms with Crippen molar-refractivity contribution in [3.05, 3.63) is 35.4 Å². The second kappa shape index (κ2) is 9.55. The summed E-state index contributed by atoms with van der Waals surface area (Å²) in [6.45, 7) is 10.1. The van der Waals surface area contributed by atoms with Gasteiger partial charge in [-0.1, -0.05) is 42.7 Å². The van der Waals surface area contributed by atoms with E-state index in [1.807, 2.05) is 0 Å². The number of rotatable bonds is 7. The maximum Gasteiger partial charge on any atom is 0.0833 e. The summed E-state index contributed by atoms with van der Waals surface area (Å²) in [4.78, 5) is 5.24. The van der Waals surface area contributed by atoms with Crippen molar-refractivity contribution in [1.82, 2.24) is 9.80 Å². The lowest BCUT2D eigenvalue weighted by atomic mass is 10.1. The third-order valence-corrected chi connectivity index (χ3v) is 5.39. The van der Waals surface area contributed by atoms with Gasteiger partial charge >= 0.3 is 0 Å². The predicted molar refractivity (Wildman–Crippen MR) is 100 cm³/mol. The van der Waals surface area contributed by atoms with Crippen LogP contribution in [-0.2, 0) is 11.3 Å². The van der Waals surface area contributed by atoms with Gasteiger partial charge in [0.05, 0.1) is 12.7 Å². The standard InChI is InChI=1S/C21H34N2O/c1-19-9-8-10-20(15-19)18-24-21(16-22-11-4-2-5-12-22)17-23-13-6-3-7-14-23/h8-10,15,21H,2-7,11-14,16-18H2,1H3. The molecule has 2 aliphatic heterocycles. The first-order valence-electron chi connectivity index (χ1n) is 9.91. The number of aryl methyl sites for hydroxylation is 1. The minimum atomic E-state index is 0.335. The molecule has 24 heavy (non-hydrogen) atoms. The second-order valence-corrected chi connectivity index (χ2v) is 7.64. The predicted octanol–water partition coefficient (Wildman–Crippen LogP) is 3.85. The smallest absolute Gasteiger partial charge is 0.0833 e. The van der Waals surface area contributed by atoms with Gasteiger partial charge in [0.25, 0.3) is 0 Å². The van der Waals surface area contributed by atoms with E-state index in [1.54, 1.807) is 0 Å². The molecular weight excluding hydrogens is 296 g/mol. The van der Waals surface area contributed by atoms with Crippen molar-refractivity contribution in [3.63, 3.8) is 0 Å². The molecule has 134 valence electrons. The molecule has 1 aromatic carbocycles. The fourth-order valence-corrected chi connectivity index (χ4v) is 4.04. The summed E-state index contributed by atoms with van der Waals surface area (Å²) in [5.41, 5.74) is 2.62. The zero-order chi connectivity index (χ0) is 16.6. The zero-order valence-corrected chi connectivity index (χ0v) is 15.4. The first-order chi connectivity index (χ1) is 11.8. The maximum absolute atomic E-state index is 6.41. The molecule has 0 radical (unpaired) electrons. The van der Waals surface area contributed by atoms with E-state index in [9.17, 15) is 0 Å². The van der Waals surface area contributed by atoms with Gasteiger partial charge in [0.2, 0.25) is 0 Å². The third-order valence-electron chi connectivity index (χ3n) is 5.39. The van der Waals surface area contributed by atoms with E-state index in [0.717, 1.165) is 19.7 Å². The molecule has 3 nitrogen and oxygen atoms in total. The minimum Gasteiger partial charge on any atom is -0.371 e. The van der Waals surface area contributed by atoms with Gasteiger partial charge in [-0.25, -0.2) is 0 Å². The summed E-state index contributed by atoms with van der Waals surface area (Å²) in [5, 5.41) is 0. The van der Waals surface area contributed by atoms with Gasteiger partial charge in [0, 0.05) is 13.1 Å². The highest BCUT2D eigenvalue weighted by molar-refractivity contribution is 5.21. The van der Waals surface area contributed by atoms with Crippen LogP contribution in [0.2, 0.25) is 0 Å². The van der Waals surface area contributed by atoms with Crippen molar-refractivity contribution in [1.29, 1.82) is 0 Å². The highest BCUT2D eigenvalue weighted by Crippen LogP contribution is 2.15. The van der Waals surface area contributed by atoms with Crippen LogP contribution < -0.4 is 0 Å². The number of benzene rings is 1. The van der Waals surface area contributed by atoms with Crippen LogP contribution in [0.1, 0.15) is 49.7 Å². The van der Waals surface area contributed by atoms with Crippen LogP contribution in [0.4, 0.5) is 0 Å². The summed E-state index contributed by atoms with van der Waals surface area (Å²) in [7, 11) is 0. The Morgan fingerprint density at radius 1 is 0.875 bits per heavy atom. The number of hydrogen-bond donors (Lipinski definition) is 0. The Bertz CT molecular complexity index is 458. The molecule has 3 heteroatoms. The fraction of sp³-hybridized carbons (Fsp3) is 0.714. The van der Waals surface area contributed by atoms with Crippen LogP contribution in [0.5, 0.6) is 0 Å². The lowest BCUT2D eigenvalue weighted by Crippen LogP contribution is -2.44. The summed E-state index contributed by atoms with van der Waals surface area (Å²) >= 11 is 0. The molecule has 0 aromatic heterocycles. The second-order valence-electron chi connectivity index (χ2n) is 7.64. The van der Waals surface area contributed by atoms with E-state index in [1.165, 1.54) is 75.8 Å². The van der Waals surface area contributed by atoms with Gasteiger partial charge in [0.1, 0.15) is 0 Å². The van der Waals surface area contributed by atoms with Gasteiger partial charge in [-0.3, -0.25) is 0 Å². The summed E-state index contributed by atoms with van der Waals surface area (Å²) in [5.74, 6) is 0. The van der Waals surface area contributed by atoms with Crippen molar-refractivity contribution < 1.29 is 4.74 Å². The Hall–Kier alpha value is -0.900. The van der Waals surface area contributed by atoms with E-state index < -0.39 is 0 Å². The molecule has 2 heterocycles. The summed E-state index contributed by atoms with van der Waals surface area (Å²) in [6.07, 6.45) is 8.56. The molecular formula is C21H34N2O. The van der Waals surface area contributed by atoms with Crippen LogP contribution in [-0.4, -0.2) is 55.2 Å². The topological polar surface area (TPSA) is 15.7 Å². The first-order valence-corrected chi connectivity index (χ1v) is 9.91. The Balaban J connectivity index is 1.54. The molecule has 0 aliphatic carbocycles. The summed E-state index contributed by atoms with van der Waals surface area (Å²) < 4.78 is 6.41. The largest absolute Gasteiger partial charge is 0.371 e. The highest BCUT2D eigenvalue weighted by atomic mass is 16.5. The monoisotopic (exact) mass is 330 g/mol. The highest BCUT2D eigenvalue weighted by Gasteiger charge is 2.21. The number of hydrogen-bond acceptors (Lipinski definition) is 3. The van der Waals surface area contributed by atoms with Gasteiger partial charge in [-0.05, 0) is 64.3 Å². The molecule has 0 spiro atoms. The van der Waals surface area contributed by atoms with Crippen molar-refractivity contribution >= 4 is 0 Å². The molecule has 3 rings (SSSR count). The maximum atomic E-state index is 6.41. The molecule has 0 N–H and O–H groups in total. The Kier molecular flexibility index (Phi) is 7.13. The van der Waals surface area contributed by atoms with Gasteiger partial charge in [-0.2, -0.15) is 0 Å². The minimum absolute atomic E-state index is 0.335. The molecule has 2 saturated heterocycles. The van der Waals surface area contributed by atoms with E-state index in [4.69, 9.17) is 4.74 Å². The normalized spacial score (nSPS) is 20.6. The van der Waals surface area contributed by atoms with Crippen LogP contribution in [0, 0.1) is 6.92 Å². The molecule has 0 unspecified atom stereocenters. The Labute approximate surface area is 148 Å². The molecule has 1 aromatic rings. The lowest BCUT2D eigenvalue weighted by molar-refractivity contribution is -0.0118. The SMILES string of the molecule is Cc1cccc(COC(CN2CCCCC2)CN2CCCCC2)c1. The molecule has 0 saturated carbocycles. The van der Waals surface area contributed by atoms with Crippen molar-refractivity contribution in [3.8, 4) is 0 Å². The van der Waals surface area contributed by atoms with Crippen LogP contribution >= 0.6 is 0 Å². The number of nitrogens with zero attached hydrogens (tertiary/aromatic N) is 2. The number of piperidine rings is 2. The Morgan fingerprint density at radius 2 is 1.46 bits per heavy atom. The summed E-state index contributed by atoms with van der Waals surface area (Å²) in [6, 6.07) is 8.73. The number of likely N-dealkylation sites (tertiary alicyclic amines) is 2. The molecule has 0 amide bonds. The average Bonchev–Trinajstić information content (AvgIpc) is 2.62. The van der Waals surface area contributed by atoms with Crippen LogP contribution in [0.25, 0.3) is 0 Å². The quantitative estimate of drug-likeness (QED) is 0.755. The molecule has 0 atom stereocenters. The first kappa shape index (κ1) is 17.9. The number of ether oxygens (including phenoxy) is 1. The fourth-order valence-electron chi connectivity index (χ4n) is 4.04. The van der Waals surface area contributed by atoms with Gasteiger partial charge in [0.15, 0.2) is 0 Å². The Morgan fingerprint density at radius 3 is 2.00 bits per heavy atom. The average molecular weight is 331 g/mol. The molecule has 2 fully saturated rings. The zero-order valence-electron chi connectivity index (χ0n) is 15.4. The van der Waals surface area contributed by atoms with Crippen molar-refractivity contribution in [2.75, 3.05) is 39.3 Å². The van der Waals surface area contributed by atoms with Gasteiger partial charge < -0.3 is 14.5 Å². The lowest BCUT2D eigenvalue weighted by Gasteiger charge is -2.34. The molecule has 0 bridgehead atoms. The van der Waals surface area contributed by atoms with Crippen molar-refractivity contribution in [2.45, 2.75) is 58.2 Å². The van der Waals surface area contributed by atoms with Gasteiger partial charge in [-0.15, -0.1) is 0 Å². The van der Waals surface area contributed by atoms with Crippen LogP contribution in [0.15, 0.2) is 24.3 Å².